The molecule has 0 saturated carbocycles. The summed E-state index contributed by atoms with van der Waals surface area (Å²) >= 11 is 0. The Morgan fingerprint density at radius 3 is 2.85 bits per heavy atom. The summed E-state index contributed by atoms with van der Waals surface area (Å²) in [7, 11) is 0. The van der Waals surface area contributed by atoms with Crippen molar-refractivity contribution in [3.63, 3.8) is 0 Å². The minimum atomic E-state index is 1.04. The monoisotopic (exact) mass is 263 g/mol. The van der Waals surface area contributed by atoms with E-state index in [1.165, 1.54) is 36.8 Å². The fourth-order valence-electron chi connectivity index (χ4n) is 3.71. The van der Waals surface area contributed by atoms with Gasteiger partial charge in [-0.2, -0.15) is 0 Å². The van der Waals surface area contributed by atoms with E-state index in [1.54, 1.807) is 22.3 Å². The smallest absolute Gasteiger partial charge is 0.0211 e. The summed E-state index contributed by atoms with van der Waals surface area (Å²) in [4.78, 5) is 0. The van der Waals surface area contributed by atoms with Crippen LogP contribution in [0, 0.1) is 0 Å². The van der Waals surface area contributed by atoms with Crippen LogP contribution in [0.15, 0.2) is 36.4 Å². The Labute approximate surface area is 121 Å². The molecule has 1 N–H and O–H groups in total. The second-order valence-corrected chi connectivity index (χ2v) is 6.11. The van der Waals surface area contributed by atoms with E-state index >= 15 is 0 Å². The normalized spacial score (nSPS) is 16.8. The van der Waals surface area contributed by atoms with Gasteiger partial charge in [0.05, 0.1) is 0 Å². The van der Waals surface area contributed by atoms with Crippen molar-refractivity contribution < 1.29 is 0 Å². The van der Waals surface area contributed by atoms with Crippen molar-refractivity contribution in [3.8, 4) is 0 Å². The van der Waals surface area contributed by atoms with Crippen LogP contribution >= 0.6 is 0 Å². The van der Waals surface area contributed by atoms with E-state index in [9.17, 15) is 0 Å². The fourth-order valence-corrected chi connectivity index (χ4v) is 3.71. The quantitative estimate of drug-likeness (QED) is 0.875. The Morgan fingerprint density at radius 1 is 0.900 bits per heavy atom. The summed E-state index contributed by atoms with van der Waals surface area (Å²) in [6.45, 7) is 2.16. The van der Waals surface area contributed by atoms with Crippen LogP contribution in [0.2, 0.25) is 0 Å². The van der Waals surface area contributed by atoms with Crippen molar-refractivity contribution in [2.24, 2.45) is 0 Å². The molecular formula is C19H21N. The van der Waals surface area contributed by atoms with Crippen LogP contribution in [-0.4, -0.2) is 6.54 Å². The molecule has 20 heavy (non-hydrogen) atoms. The zero-order valence-corrected chi connectivity index (χ0v) is 11.9. The van der Waals surface area contributed by atoms with Crippen molar-refractivity contribution in [1.82, 2.24) is 5.32 Å². The summed E-state index contributed by atoms with van der Waals surface area (Å²) in [6.07, 6.45) is 6.15. The maximum absolute atomic E-state index is 3.51. The van der Waals surface area contributed by atoms with Crippen molar-refractivity contribution >= 4 is 0 Å². The molecule has 0 fully saturated rings. The highest BCUT2D eigenvalue weighted by atomic mass is 14.9. The maximum Gasteiger partial charge on any atom is 0.0211 e. The predicted octanol–water partition coefficient (Wildman–Crippen LogP) is 3.41. The SMILES string of the molecule is c1cc2c(c(Cc3ccc4c(c3)CCC4)c1)CNCC2. The molecule has 2 aliphatic rings. The average molecular weight is 263 g/mol. The van der Waals surface area contributed by atoms with E-state index in [1.807, 2.05) is 0 Å². The van der Waals surface area contributed by atoms with E-state index in [0.29, 0.717) is 0 Å². The molecule has 1 aliphatic carbocycles. The Kier molecular flexibility index (Phi) is 3.08. The topological polar surface area (TPSA) is 12.0 Å². The molecule has 1 aliphatic heterocycles. The highest BCUT2D eigenvalue weighted by Crippen LogP contribution is 2.26. The molecule has 2 aromatic rings. The van der Waals surface area contributed by atoms with Crippen molar-refractivity contribution in [2.75, 3.05) is 6.54 Å². The lowest BCUT2D eigenvalue weighted by Gasteiger charge is -2.20. The first kappa shape index (κ1) is 12.2. The minimum absolute atomic E-state index is 1.04. The zero-order chi connectivity index (χ0) is 13.4. The van der Waals surface area contributed by atoms with Crippen LogP contribution in [0.5, 0.6) is 0 Å². The van der Waals surface area contributed by atoms with E-state index in [-0.39, 0.29) is 0 Å². The van der Waals surface area contributed by atoms with Crippen molar-refractivity contribution in [3.05, 3.63) is 69.8 Å². The van der Waals surface area contributed by atoms with Gasteiger partial charge in [-0.25, -0.2) is 0 Å². The number of fused-ring (bicyclic) bond motifs is 2. The summed E-state index contributed by atoms with van der Waals surface area (Å²) in [5, 5.41) is 3.51. The molecule has 0 atom stereocenters. The number of rotatable bonds is 2. The molecule has 0 spiro atoms. The van der Waals surface area contributed by atoms with Crippen LogP contribution in [0.4, 0.5) is 0 Å². The second-order valence-electron chi connectivity index (χ2n) is 6.11. The van der Waals surface area contributed by atoms with Gasteiger partial charge >= 0.3 is 0 Å². The van der Waals surface area contributed by atoms with Crippen LogP contribution in [0.25, 0.3) is 0 Å². The van der Waals surface area contributed by atoms with Gasteiger partial charge in [-0.05, 0) is 72.0 Å². The van der Waals surface area contributed by atoms with Gasteiger partial charge in [-0.3, -0.25) is 0 Å². The molecule has 0 aromatic heterocycles. The number of hydrogen-bond acceptors (Lipinski definition) is 1. The van der Waals surface area contributed by atoms with Crippen LogP contribution < -0.4 is 5.32 Å². The number of hydrogen-bond donors (Lipinski definition) is 1. The molecule has 0 radical (unpaired) electrons. The number of benzene rings is 2. The molecule has 0 amide bonds. The van der Waals surface area contributed by atoms with Crippen molar-refractivity contribution in [1.29, 1.82) is 0 Å². The first-order valence-electron chi connectivity index (χ1n) is 7.81. The molecule has 0 unspecified atom stereocenters. The van der Waals surface area contributed by atoms with Crippen LogP contribution in [0.1, 0.15) is 39.8 Å². The van der Waals surface area contributed by atoms with Gasteiger partial charge in [-0.15, -0.1) is 0 Å². The summed E-state index contributed by atoms with van der Waals surface area (Å²) < 4.78 is 0. The third-order valence-corrected chi connectivity index (χ3v) is 4.80. The van der Waals surface area contributed by atoms with Gasteiger partial charge in [-0.1, -0.05) is 36.4 Å². The van der Waals surface area contributed by atoms with E-state index in [0.717, 1.165) is 19.5 Å². The van der Waals surface area contributed by atoms with Gasteiger partial charge < -0.3 is 5.32 Å². The Balaban J connectivity index is 1.66. The Morgan fingerprint density at radius 2 is 1.85 bits per heavy atom. The Hall–Kier alpha value is -1.60. The molecule has 102 valence electrons. The van der Waals surface area contributed by atoms with E-state index in [2.05, 4.69) is 41.7 Å². The van der Waals surface area contributed by atoms with E-state index in [4.69, 9.17) is 0 Å². The third kappa shape index (κ3) is 2.16. The van der Waals surface area contributed by atoms with Gasteiger partial charge in [0.25, 0.3) is 0 Å². The van der Waals surface area contributed by atoms with Gasteiger partial charge in [0, 0.05) is 6.54 Å². The summed E-state index contributed by atoms with van der Waals surface area (Å²) in [6, 6.07) is 14.0. The lowest BCUT2D eigenvalue weighted by Crippen LogP contribution is -2.24. The van der Waals surface area contributed by atoms with Crippen molar-refractivity contribution in [2.45, 2.75) is 38.6 Å². The fraction of sp³-hybridized carbons (Fsp3) is 0.368. The summed E-state index contributed by atoms with van der Waals surface area (Å²) in [5.41, 5.74) is 9.23. The lowest BCUT2D eigenvalue weighted by atomic mass is 9.91. The van der Waals surface area contributed by atoms with Gasteiger partial charge in [0.1, 0.15) is 0 Å². The lowest BCUT2D eigenvalue weighted by molar-refractivity contribution is 0.639. The molecule has 2 aromatic carbocycles. The minimum Gasteiger partial charge on any atom is -0.312 e. The van der Waals surface area contributed by atoms with Crippen LogP contribution in [0.3, 0.4) is 0 Å². The molecule has 0 saturated heterocycles. The standard InChI is InChI=1S/C19H21N/c1-3-15-8-7-14(11-17(15)5-1)12-18-6-2-4-16-9-10-20-13-19(16)18/h2,4,6-8,11,20H,1,3,5,9-10,12-13H2. The molecule has 1 heteroatoms. The molecular weight excluding hydrogens is 242 g/mol. The summed E-state index contributed by atoms with van der Waals surface area (Å²) in [5.74, 6) is 0. The molecule has 1 heterocycles. The predicted molar refractivity (Wildman–Crippen MR) is 83.1 cm³/mol. The van der Waals surface area contributed by atoms with Crippen LogP contribution in [-0.2, 0) is 32.2 Å². The van der Waals surface area contributed by atoms with Gasteiger partial charge in [0.2, 0.25) is 0 Å². The highest BCUT2D eigenvalue weighted by Gasteiger charge is 2.14. The largest absolute Gasteiger partial charge is 0.312 e. The third-order valence-electron chi connectivity index (χ3n) is 4.80. The molecule has 1 nitrogen and oxygen atoms in total. The number of nitrogens with one attached hydrogen (secondary N) is 1. The Bertz CT molecular complexity index is 642. The zero-order valence-electron chi connectivity index (χ0n) is 11.9. The molecule has 0 bridgehead atoms. The van der Waals surface area contributed by atoms with Gasteiger partial charge in [0.15, 0.2) is 0 Å². The highest BCUT2D eigenvalue weighted by molar-refractivity contribution is 5.42. The first-order chi connectivity index (χ1) is 9.90. The average Bonchev–Trinajstić information content (AvgIpc) is 2.95. The maximum atomic E-state index is 3.51. The second kappa shape index (κ2) is 5.06. The first-order valence-corrected chi connectivity index (χ1v) is 7.81. The van der Waals surface area contributed by atoms with E-state index < -0.39 is 0 Å². The molecule has 4 rings (SSSR count). The number of aryl methyl sites for hydroxylation is 2.